The van der Waals surface area contributed by atoms with E-state index in [2.05, 4.69) is 5.32 Å². The molecule has 1 atom stereocenters. The van der Waals surface area contributed by atoms with Gasteiger partial charge in [0.05, 0.1) is 21.6 Å². The zero-order valence-corrected chi connectivity index (χ0v) is 16.8. The largest absolute Gasteiger partial charge is 0.452 e. The minimum atomic E-state index is -0.965. The molecule has 0 saturated heterocycles. The maximum Gasteiger partial charge on any atom is 0.340 e. The smallest absolute Gasteiger partial charge is 0.340 e. The van der Waals surface area contributed by atoms with Crippen LogP contribution in [0, 0.1) is 15.9 Å². The van der Waals surface area contributed by atoms with Crippen LogP contribution in [0.4, 0.5) is 10.1 Å². The summed E-state index contributed by atoms with van der Waals surface area (Å²) in [4.78, 5) is 35.6. The molecular formula is C20H14ClFN2O5S. The fourth-order valence-corrected chi connectivity index (χ4v) is 3.62. The summed E-state index contributed by atoms with van der Waals surface area (Å²) in [5, 5.41) is 15.4. The summed E-state index contributed by atoms with van der Waals surface area (Å²) < 4.78 is 18.2. The minimum absolute atomic E-state index is 0.0335. The second kappa shape index (κ2) is 9.47. The Bertz CT molecular complexity index is 1070. The summed E-state index contributed by atoms with van der Waals surface area (Å²) in [6.07, 6.45) is 0. The highest BCUT2D eigenvalue weighted by Crippen LogP contribution is 2.26. The summed E-state index contributed by atoms with van der Waals surface area (Å²) in [5.41, 5.74) is 0.108. The normalized spacial score (nSPS) is 11.5. The number of nitrogens with one attached hydrogen (secondary N) is 1. The summed E-state index contributed by atoms with van der Waals surface area (Å²) in [6.45, 7) is -0.624. The first-order chi connectivity index (χ1) is 14.3. The molecule has 3 aromatic rings. The van der Waals surface area contributed by atoms with Gasteiger partial charge in [-0.25, -0.2) is 9.18 Å². The zero-order valence-electron chi connectivity index (χ0n) is 15.2. The van der Waals surface area contributed by atoms with Crippen LogP contribution in [0.2, 0.25) is 5.02 Å². The minimum Gasteiger partial charge on any atom is -0.452 e. The van der Waals surface area contributed by atoms with Crippen LogP contribution in [-0.4, -0.2) is 23.4 Å². The van der Waals surface area contributed by atoms with Gasteiger partial charge in [0.25, 0.3) is 11.6 Å². The first-order valence-electron chi connectivity index (χ1n) is 8.54. The van der Waals surface area contributed by atoms with Gasteiger partial charge >= 0.3 is 5.97 Å². The number of rotatable bonds is 7. The lowest BCUT2D eigenvalue weighted by atomic mass is 10.1. The van der Waals surface area contributed by atoms with Gasteiger partial charge in [-0.05, 0) is 35.2 Å². The zero-order chi connectivity index (χ0) is 21.7. The lowest BCUT2D eigenvalue weighted by molar-refractivity contribution is -0.384. The lowest BCUT2D eigenvalue weighted by Gasteiger charge is -2.18. The fraction of sp³-hybridized carbons (Fsp3) is 0.100. The van der Waals surface area contributed by atoms with Gasteiger partial charge in [-0.2, -0.15) is 0 Å². The van der Waals surface area contributed by atoms with Crippen LogP contribution in [-0.2, 0) is 9.53 Å². The number of halogens is 2. The molecule has 1 amide bonds. The summed E-state index contributed by atoms with van der Waals surface area (Å²) in [5.74, 6) is -1.97. The number of esters is 1. The average Bonchev–Trinajstić information content (AvgIpc) is 3.25. The van der Waals surface area contributed by atoms with Crippen molar-refractivity contribution in [3.05, 3.63) is 96.9 Å². The van der Waals surface area contributed by atoms with E-state index in [0.717, 1.165) is 17.0 Å². The molecule has 1 aromatic heterocycles. The Kier molecular flexibility index (Phi) is 6.76. The third-order valence-corrected chi connectivity index (χ3v) is 5.32. The molecule has 154 valence electrons. The van der Waals surface area contributed by atoms with Crippen LogP contribution in [0.5, 0.6) is 0 Å². The van der Waals surface area contributed by atoms with Crippen molar-refractivity contribution in [2.75, 3.05) is 6.61 Å². The third-order valence-electron chi connectivity index (χ3n) is 4.05. The molecule has 1 N–H and O–H groups in total. The number of benzene rings is 2. The van der Waals surface area contributed by atoms with Crippen molar-refractivity contribution >= 4 is 40.5 Å². The van der Waals surface area contributed by atoms with Gasteiger partial charge < -0.3 is 10.1 Å². The number of nitrogens with zero attached hydrogens (tertiary/aromatic N) is 1. The van der Waals surface area contributed by atoms with E-state index >= 15 is 0 Å². The number of amides is 1. The van der Waals surface area contributed by atoms with Crippen molar-refractivity contribution < 1.29 is 23.6 Å². The van der Waals surface area contributed by atoms with E-state index in [0.29, 0.717) is 5.56 Å². The molecule has 0 aliphatic carbocycles. The molecule has 1 heterocycles. The lowest BCUT2D eigenvalue weighted by Crippen LogP contribution is -2.32. The van der Waals surface area contributed by atoms with Crippen LogP contribution < -0.4 is 5.32 Å². The Morgan fingerprint density at radius 3 is 2.57 bits per heavy atom. The van der Waals surface area contributed by atoms with Crippen LogP contribution in [0.15, 0.2) is 60.0 Å². The molecule has 1 unspecified atom stereocenters. The van der Waals surface area contributed by atoms with Crippen molar-refractivity contribution in [3.63, 3.8) is 0 Å². The topological polar surface area (TPSA) is 98.5 Å². The quantitative estimate of drug-likeness (QED) is 0.325. The maximum atomic E-state index is 13.2. The van der Waals surface area contributed by atoms with Crippen molar-refractivity contribution in [3.8, 4) is 0 Å². The summed E-state index contributed by atoms with van der Waals surface area (Å²) in [6, 6.07) is 12.1. The van der Waals surface area contributed by atoms with E-state index < -0.39 is 35.3 Å². The predicted octanol–water partition coefficient (Wildman–Crippen LogP) is 4.51. The van der Waals surface area contributed by atoms with Crippen LogP contribution in [0.1, 0.15) is 26.8 Å². The standard InChI is InChI=1S/C20H14ClFN2O5S/c21-16-8-7-14(24(27)28)10-15(16)20(26)29-11-18(25)23-19(17-2-1-9-30-17)12-3-5-13(22)6-4-12/h1-10,19H,11H2,(H,23,25). The van der Waals surface area contributed by atoms with Gasteiger partial charge in [0, 0.05) is 17.0 Å². The molecule has 10 heteroatoms. The first-order valence-corrected chi connectivity index (χ1v) is 9.80. The van der Waals surface area contributed by atoms with Crippen LogP contribution in [0.3, 0.4) is 0 Å². The average molecular weight is 449 g/mol. The molecule has 0 spiro atoms. The van der Waals surface area contributed by atoms with Crippen molar-refractivity contribution in [2.24, 2.45) is 0 Å². The highest BCUT2D eigenvalue weighted by Gasteiger charge is 2.21. The highest BCUT2D eigenvalue weighted by molar-refractivity contribution is 7.10. The Balaban J connectivity index is 1.69. The van der Waals surface area contributed by atoms with Gasteiger partial charge in [0.1, 0.15) is 5.82 Å². The number of thiophene rings is 1. The molecule has 7 nitrogen and oxygen atoms in total. The number of hydrogen-bond donors (Lipinski definition) is 1. The monoisotopic (exact) mass is 448 g/mol. The molecule has 2 aromatic carbocycles. The highest BCUT2D eigenvalue weighted by atomic mass is 35.5. The van der Waals surface area contributed by atoms with Gasteiger partial charge in [-0.15, -0.1) is 11.3 Å². The molecule has 0 aliphatic heterocycles. The number of carbonyl (C=O) groups excluding carboxylic acids is 2. The molecule has 3 rings (SSSR count). The van der Waals surface area contributed by atoms with Crippen molar-refractivity contribution in [1.82, 2.24) is 5.32 Å². The first kappa shape index (κ1) is 21.4. The van der Waals surface area contributed by atoms with E-state index in [1.165, 1.54) is 29.5 Å². The molecule has 0 bridgehead atoms. The third kappa shape index (κ3) is 5.19. The Labute approximate surface area is 179 Å². The molecule has 0 saturated carbocycles. The number of non-ortho nitro benzene ring substituents is 1. The van der Waals surface area contributed by atoms with E-state index in [4.69, 9.17) is 16.3 Å². The second-order valence-corrected chi connectivity index (χ2v) is 7.45. The number of nitro groups is 1. The number of hydrogen-bond acceptors (Lipinski definition) is 6. The Hall–Kier alpha value is -3.30. The van der Waals surface area contributed by atoms with Crippen LogP contribution in [0.25, 0.3) is 0 Å². The number of ether oxygens (including phenoxy) is 1. The van der Waals surface area contributed by atoms with Gasteiger partial charge in [0.2, 0.25) is 0 Å². The van der Waals surface area contributed by atoms with Crippen molar-refractivity contribution in [2.45, 2.75) is 6.04 Å². The van der Waals surface area contributed by atoms with E-state index in [1.54, 1.807) is 12.1 Å². The number of carbonyl (C=O) groups is 2. The van der Waals surface area contributed by atoms with Gasteiger partial charge in [0.15, 0.2) is 6.61 Å². The summed E-state index contributed by atoms with van der Waals surface area (Å²) >= 11 is 7.30. The molecular weight excluding hydrogens is 435 g/mol. The van der Waals surface area contributed by atoms with E-state index in [1.807, 2.05) is 17.5 Å². The Morgan fingerprint density at radius 1 is 1.20 bits per heavy atom. The van der Waals surface area contributed by atoms with Gasteiger partial charge in [-0.3, -0.25) is 14.9 Å². The van der Waals surface area contributed by atoms with Crippen molar-refractivity contribution in [1.29, 1.82) is 0 Å². The SMILES string of the molecule is O=C(COC(=O)c1cc([N+](=O)[O-])ccc1Cl)NC(c1ccc(F)cc1)c1cccs1. The van der Waals surface area contributed by atoms with E-state index in [9.17, 15) is 24.1 Å². The molecule has 0 radical (unpaired) electrons. The van der Waals surface area contributed by atoms with E-state index in [-0.39, 0.29) is 16.3 Å². The second-order valence-electron chi connectivity index (χ2n) is 6.06. The van der Waals surface area contributed by atoms with Gasteiger partial charge in [-0.1, -0.05) is 29.8 Å². The maximum absolute atomic E-state index is 13.2. The van der Waals surface area contributed by atoms with Crippen LogP contribution >= 0.6 is 22.9 Å². The number of nitro benzene ring substituents is 1. The molecule has 0 fully saturated rings. The fourth-order valence-electron chi connectivity index (χ4n) is 2.62. The molecule has 30 heavy (non-hydrogen) atoms. The summed E-state index contributed by atoms with van der Waals surface area (Å²) in [7, 11) is 0. The molecule has 0 aliphatic rings. The Morgan fingerprint density at radius 2 is 1.93 bits per heavy atom. The predicted molar refractivity (Wildman–Crippen MR) is 109 cm³/mol.